The second-order valence-electron chi connectivity index (χ2n) is 7.41. The second kappa shape index (κ2) is 9.59. The Morgan fingerprint density at radius 2 is 1.71 bits per heavy atom. The molecule has 0 bridgehead atoms. The third kappa shape index (κ3) is 4.45. The van der Waals surface area contributed by atoms with Crippen LogP contribution < -0.4 is 10.2 Å². The number of sulfonamides is 1. The number of carbonyl (C=O) groups is 1. The van der Waals surface area contributed by atoms with Crippen molar-refractivity contribution in [2.24, 2.45) is 0 Å². The van der Waals surface area contributed by atoms with Crippen molar-refractivity contribution in [3.8, 4) is 16.9 Å². The number of benzene rings is 3. The number of halogens is 2. The van der Waals surface area contributed by atoms with E-state index in [1.165, 1.54) is 36.9 Å². The summed E-state index contributed by atoms with van der Waals surface area (Å²) in [6, 6.07) is 15.7. The van der Waals surface area contributed by atoms with Crippen molar-refractivity contribution in [1.29, 1.82) is 0 Å². The zero-order valence-corrected chi connectivity index (χ0v) is 19.4. The maximum Gasteiger partial charge on any atom is 0.432 e. The summed E-state index contributed by atoms with van der Waals surface area (Å²) in [6.45, 7) is -0.165. The van der Waals surface area contributed by atoms with E-state index in [-0.39, 0.29) is 34.7 Å². The average Bonchev–Trinajstić information content (AvgIpc) is 2.85. The minimum Gasteiger partial charge on any atom is -0.496 e. The highest BCUT2D eigenvalue weighted by molar-refractivity contribution is 7.89. The third-order valence-corrected chi connectivity index (χ3v) is 7.63. The van der Waals surface area contributed by atoms with Crippen LogP contribution in [0.5, 0.6) is 5.75 Å². The summed E-state index contributed by atoms with van der Waals surface area (Å²) in [5, 5.41) is 9.53. The Balaban J connectivity index is 1.74. The van der Waals surface area contributed by atoms with Gasteiger partial charge in [-0.1, -0.05) is 35.9 Å². The molecule has 1 heterocycles. The second-order valence-corrected chi connectivity index (χ2v) is 9.74. The summed E-state index contributed by atoms with van der Waals surface area (Å²) in [7, 11) is -2.87. The van der Waals surface area contributed by atoms with E-state index >= 15 is 0 Å². The predicted molar refractivity (Wildman–Crippen MR) is 122 cm³/mol. The van der Waals surface area contributed by atoms with Crippen LogP contribution in [0.1, 0.15) is 17.4 Å². The molecule has 8 nitrogen and oxygen atoms in total. The van der Waals surface area contributed by atoms with Crippen LogP contribution in [-0.2, 0) is 21.2 Å². The summed E-state index contributed by atoms with van der Waals surface area (Å²) >= 11 is 5.92. The number of hydroxylamine groups is 1. The van der Waals surface area contributed by atoms with Crippen LogP contribution in [-0.4, -0.2) is 37.7 Å². The topological polar surface area (TPSA) is 105 Å². The van der Waals surface area contributed by atoms with Crippen molar-refractivity contribution >= 4 is 27.7 Å². The molecule has 0 saturated heterocycles. The Hall–Kier alpha value is -3.18. The zero-order valence-electron chi connectivity index (χ0n) is 17.9. The van der Waals surface area contributed by atoms with Gasteiger partial charge in [0.15, 0.2) is 0 Å². The Morgan fingerprint density at radius 1 is 1.09 bits per heavy atom. The van der Waals surface area contributed by atoms with Gasteiger partial charge in [0, 0.05) is 17.1 Å². The molecule has 1 amide bonds. The average molecular weight is 507 g/mol. The van der Waals surface area contributed by atoms with E-state index in [0.29, 0.717) is 5.02 Å². The molecule has 0 radical (unpaired) electrons. The highest BCUT2D eigenvalue weighted by atomic mass is 35.5. The van der Waals surface area contributed by atoms with Gasteiger partial charge in [0.1, 0.15) is 11.6 Å². The highest BCUT2D eigenvalue weighted by Gasteiger charge is 2.42. The number of rotatable bonds is 5. The molecule has 178 valence electrons. The number of fused-ring (bicyclic) bond motifs is 1. The molecule has 1 unspecified atom stereocenters. The van der Waals surface area contributed by atoms with Gasteiger partial charge in [0.25, 0.3) is 0 Å². The predicted octanol–water partition coefficient (Wildman–Crippen LogP) is 4.52. The van der Waals surface area contributed by atoms with Gasteiger partial charge in [0.05, 0.1) is 17.6 Å². The molecule has 3 aromatic carbocycles. The van der Waals surface area contributed by atoms with E-state index < -0.39 is 28.2 Å². The van der Waals surface area contributed by atoms with Gasteiger partial charge in [0.2, 0.25) is 16.3 Å². The summed E-state index contributed by atoms with van der Waals surface area (Å²) in [6.07, 6.45) is -2.84. The molecule has 34 heavy (non-hydrogen) atoms. The molecule has 2 N–H and O–H groups in total. The van der Waals surface area contributed by atoms with Crippen LogP contribution in [0.25, 0.3) is 11.1 Å². The number of nitrogens with zero attached hydrogens (tertiary/aromatic N) is 1. The van der Waals surface area contributed by atoms with E-state index in [1.54, 1.807) is 24.3 Å². The van der Waals surface area contributed by atoms with Gasteiger partial charge in [-0.15, -0.1) is 0 Å². The van der Waals surface area contributed by atoms with Crippen LogP contribution in [0.15, 0.2) is 65.6 Å². The van der Waals surface area contributed by atoms with Gasteiger partial charge in [-0.05, 0) is 53.9 Å². The lowest BCUT2D eigenvalue weighted by Gasteiger charge is -2.36. The lowest BCUT2D eigenvalue weighted by atomic mass is 9.98. The Morgan fingerprint density at radius 3 is 2.29 bits per heavy atom. The van der Waals surface area contributed by atoms with E-state index in [2.05, 4.69) is 0 Å². The largest absolute Gasteiger partial charge is 0.496 e. The first kappa shape index (κ1) is 24.0. The van der Waals surface area contributed by atoms with Crippen molar-refractivity contribution in [3.63, 3.8) is 0 Å². The molecule has 1 aliphatic rings. The van der Waals surface area contributed by atoms with E-state index in [0.717, 1.165) is 15.4 Å². The van der Waals surface area contributed by atoms with Crippen LogP contribution in [0.3, 0.4) is 0 Å². The fourth-order valence-corrected chi connectivity index (χ4v) is 5.50. The highest BCUT2D eigenvalue weighted by Crippen LogP contribution is 2.41. The minimum absolute atomic E-state index is 0.0288. The molecule has 0 aliphatic carbocycles. The quantitative estimate of drug-likeness (QED) is 0.389. The van der Waals surface area contributed by atoms with Crippen molar-refractivity contribution in [1.82, 2.24) is 9.79 Å². The maximum atomic E-state index is 14.5. The van der Waals surface area contributed by atoms with E-state index in [9.17, 15) is 17.6 Å². The molecule has 0 saturated carbocycles. The first-order valence-electron chi connectivity index (χ1n) is 10.1. The molecular formula is C23H20ClFN2O6S. The fraction of sp³-hybridized carbons (Fsp3) is 0.174. The van der Waals surface area contributed by atoms with E-state index in [4.69, 9.17) is 26.3 Å². The Bertz CT molecular complexity index is 1320. The van der Waals surface area contributed by atoms with E-state index in [1.807, 2.05) is 12.1 Å². The van der Waals surface area contributed by atoms with Crippen molar-refractivity contribution in [2.45, 2.75) is 17.5 Å². The smallest absolute Gasteiger partial charge is 0.432 e. The summed E-state index contributed by atoms with van der Waals surface area (Å²) in [5.74, 6) is -0.441. The SMILES string of the molecule is COc1ccc(F)c2c1C(OC(=O)NO)N(S(=O)(=O)c1ccc(-c3ccc(Cl)cc3)cc1)CC2. The first-order chi connectivity index (χ1) is 16.3. The number of methoxy groups -OCH3 is 1. The van der Waals surface area contributed by atoms with Gasteiger partial charge < -0.3 is 9.47 Å². The lowest BCUT2D eigenvalue weighted by molar-refractivity contribution is 0.000694. The lowest BCUT2D eigenvalue weighted by Crippen LogP contribution is -2.43. The Labute approximate surface area is 200 Å². The molecule has 0 spiro atoms. The van der Waals surface area contributed by atoms with Crippen molar-refractivity contribution in [2.75, 3.05) is 13.7 Å². The maximum absolute atomic E-state index is 14.5. The molecule has 4 rings (SSSR count). The number of amides is 1. The third-order valence-electron chi connectivity index (χ3n) is 5.52. The molecule has 3 aromatic rings. The molecular weight excluding hydrogens is 487 g/mol. The van der Waals surface area contributed by atoms with Gasteiger partial charge in [-0.25, -0.2) is 23.1 Å². The number of hydrogen-bond acceptors (Lipinski definition) is 6. The standard InChI is InChI=1S/C23H20ClFN2O6S/c1-32-20-11-10-19(25)18-12-13-27(22(21(18)20)33-23(28)26-29)34(30,31)17-8-4-15(5-9-17)14-2-6-16(24)7-3-14/h2-11,22,29H,12-13H2,1H3,(H,26,28). The number of carbonyl (C=O) groups excluding carboxylic acids is 1. The van der Waals surface area contributed by atoms with Crippen LogP contribution in [0.2, 0.25) is 5.02 Å². The summed E-state index contributed by atoms with van der Waals surface area (Å²) in [5.41, 5.74) is 3.15. The van der Waals surface area contributed by atoms with Crippen molar-refractivity contribution < 1.29 is 32.3 Å². The zero-order chi connectivity index (χ0) is 24.5. The summed E-state index contributed by atoms with van der Waals surface area (Å²) in [4.78, 5) is 11.8. The fourth-order valence-electron chi connectivity index (χ4n) is 3.89. The first-order valence-corrected chi connectivity index (χ1v) is 11.9. The number of nitrogens with one attached hydrogen (secondary N) is 1. The molecule has 11 heteroatoms. The molecule has 0 aromatic heterocycles. The monoisotopic (exact) mass is 506 g/mol. The van der Waals surface area contributed by atoms with Gasteiger partial charge in [-0.3, -0.25) is 5.21 Å². The molecule has 0 fully saturated rings. The Kier molecular flexibility index (Phi) is 6.76. The number of hydrogen-bond donors (Lipinski definition) is 2. The normalized spacial score (nSPS) is 15.9. The van der Waals surface area contributed by atoms with Crippen molar-refractivity contribution in [3.05, 3.63) is 82.6 Å². The molecule has 1 aliphatic heterocycles. The minimum atomic E-state index is -4.20. The molecule has 1 atom stereocenters. The van der Waals surface area contributed by atoms with Crippen LogP contribution in [0.4, 0.5) is 9.18 Å². The summed E-state index contributed by atoms with van der Waals surface area (Å²) < 4.78 is 53.0. The van der Waals surface area contributed by atoms with Crippen LogP contribution in [0, 0.1) is 5.82 Å². The van der Waals surface area contributed by atoms with Gasteiger partial charge >= 0.3 is 6.09 Å². The number of ether oxygens (including phenoxy) is 2. The van der Waals surface area contributed by atoms with Gasteiger partial charge in [-0.2, -0.15) is 4.31 Å². The van der Waals surface area contributed by atoms with Crippen LogP contribution >= 0.6 is 11.6 Å².